The summed E-state index contributed by atoms with van der Waals surface area (Å²) in [6.45, 7) is 21.1. The number of piperazine rings is 1. The van der Waals surface area contributed by atoms with Crippen LogP contribution in [0.4, 0.5) is 0 Å². The second-order valence-corrected chi connectivity index (χ2v) is 9.27. The van der Waals surface area contributed by atoms with E-state index >= 15 is 0 Å². The minimum atomic E-state index is -0.0375. The lowest BCUT2D eigenvalue weighted by Gasteiger charge is -2.35. The standard InChI is InChI=1S/C22H38N2O2/c1-21(2,3)19-7-9-20(10-8-19)25-17-15-23-11-13-24(14-12-23)16-18-26-22(4,5)6/h7-10H,11-18H2,1-6H3. The Balaban J connectivity index is 1.61. The van der Waals surface area contributed by atoms with Gasteiger partial charge in [0.15, 0.2) is 0 Å². The summed E-state index contributed by atoms with van der Waals surface area (Å²) in [5, 5.41) is 0. The molecule has 0 unspecified atom stereocenters. The van der Waals surface area contributed by atoms with Crippen molar-refractivity contribution in [1.29, 1.82) is 0 Å². The zero-order valence-electron chi connectivity index (χ0n) is 17.7. The molecule has 0 amide bonds. The maximum Gasteiger partial charge on any atom is 0.119 e. The van der Waals surface area contributed by atoms with E-state index in [1.54, 1.807) is 0 Å². The van der Waals surface area contributed by atoms with Crippen molar-refractivity contribution in [2.75, 3.05) is 52.5 Å². The molecule has 4 heteroatoms. The van der Waals surface area contributed by atoms with Crippen LogP contribution in [0.15, 0.2) is 24.3 Å². The number of hydrogen-bond donors (Lipinski definition) is 0. The fraction of sp³-hybridized carbons (Fsp3) is 0.727. The quantitative estimate of drug-likeness (QED) is 0.737. The maximum atomic E-state index is 5.93. The third-order valence-electron chi connectivity index (χ3n) is 4.80. The van der Waals surface area contributed by atoms with Gasteiger partial charge in [-0.1, -0.05) is 32.9 Å². The summed E-state index contributed by atoms with van der Waals surface area (Å²) in [5.74, 6) is 0.968. The molecule has 1 aliphatic rings. The largest absolute Gasteiger partial charge is 0.492 e. The molecule has 1 aromatic carbocycles. The zero-order chi connectivity index (χ0) is 19.2. The topological polar surface area (TPSA) is 24.9 Å². The summed E-state index contributed by atoms with van der Waals surface area (Å²) in [7, 11) is 0. The molecular weight excluding hydrogens is 324 g/mol. The number of hydrogen-bond acceptors (Lipinski definition) is 4. The molecule has 1 heterocycles. The fourth-order valence-electron chi connectivity index (χ4n) is 3.06. The van der Waals surface area contributed by atoms with E-state index < -0.39 is 0 Å². The van der Waals surface area contributed by atoms with E-state index in [-0.39, 0.29) is 11.0 Å². The van der Waals surface area contributed by atoms with E-state index in [2.05, 4.69) is 75.6 Å². The van der Waals surface area contributed by atoms with Crippen molar-refractivity contribution in [3.63, 3.8) is 0 Å². The van der Waals surface area contributed by atoms with E-state index in [0.717, 1.165) is 58.2 Å². The smallest absolute Gasteiger partial charge is 0.119 e. The van der Waals surface area contributed by atoms with Crippen LogP contribution in [-0.2, 0) is 10.2 Å². The number of nitrogens with zero attached hydrogens (tertiary/aromatic N) is 2. The average molecular weight is 363 g/mol. The van der Waals surface area contributed by atoms with Crippen LogP contribution in [0.1, 0.15) is 47.1 Å². The van der Waals surface area contributed by atoms with Crippen LogP contribution in [0, 0.1) is 0 Å². The molecule has 0 spiro atoms. The molecule has 2 rings (SSSR count). The number of rotatable bonds is 7. The van der Waals surface area contributed by atoms with E-state index in [9.17, 15) is 0 Å². The molecule has 0 saturated carbocycles. The normalized spacial score (nSPS) is 17.5. The van der Waals surface area contributed by atoms with Crippen molar-refractivity contribution in [3.05, 3.63) is 29.8 Å². The van der Waals surface area contributed by atoms with Crippen LogP contribution >= 0.6 is 0 Å². The van der Waals surface area contributed by atoms with Gasteiger partial charge < -0.3 is 9.47 Å². The van der Waals surface area contributed by atoms with E-state index in [1.807, 2.05) is 0 Å². The van der Waals surface area contributed by atoms with Gasteiger partial charge in [-0.05, 0) is 43.9 Å². The summed E-state index contributed by atoms with van der Waals surface area (Å²) >= 11 is 0. The second kappa shape index (κ2) is 9.20. The van der Waals surface area contributed by atoms with Crippen LogP contribution in [0.25, 0.3) is 0 Å². The molecule has 148 valence electrons. The van der Waals surface area contributed by atoms with Gasteiger partial charge in [-0.15, -0.1) is 0 Å². The van der Waals surface area contributed by atoms with Crippen LogP contribution in [-0.4, -0.2) is 67.9 Å². The third kappa shape index (κ3) is 7.65. The van der Waals surface area contributed by atoms with Crippen LogP contribution in [0.2, 0.25) is 0 Å². The monoisotopic (exact) mass is 362 g/mol. The molecule has 1 aliphatic heterocycles. The second-order valence-electron chi connectivity index (χ2n) is 9.27. The Bertz CT molecular complexity index is 521. The molecule has 26 heavy (non-hydrogen) atoms. The Morgan fingerprint density at radius 3 is 1.73 bits per heavy atom. The molecule has 0 bridgehead atoms. The van der Waals surface area contributed by atoms with E-state index in [1.165, 1.54) is 5.56 Å². The fourth-order valence-corrected chi connectivity index (χ4v) is 3.06. The summed E-state index contributed by atoms with van der Waals surface area (Å²) in [6.07, 6.45) is 0. The predicted octanol–water partition coefficient (Wildman–Crippen LogP) is 3.80. The molecule has 0 atom stereocenters. The van der Waals surface area contributed by atoms with Crippen molar-refractivity contribution in [2.45, 2.75) is 52.6 Å². The lowest BCUT2D eigenvalue weighted by atomic mass is 9.87. The van der Waals surface area contributed by atoms with Gasteiger partial charge >= 0.3 is 0 Å². The highest BCUT2D eigenvalue weighted by Crippen LogP contribution is 2.24. The first-order chi connectivity index (χ1) is 12.1. The number of benzene rings is 1. The van der Waals surface area contributed by atoms with Gasteiger partial charge in [-0.25, -0.2) is 0 Å². The lowest BCUT2D eigenvalue weighted by molar-refractivity contribution is -0.0181. The molecule has 0 radical (unpaired) electrons. The van der Waals surface area contributed by atoms with E-state index in [4.69, 9.17) is 9.47 Å². The highest BCUT2D eigenvalue weighted by atomic mass is 16.5. The summed E-state index contributed by atoms with van der Waals surface area (Å²) in [6, 6.07) is 8.53. The maximum absolute atomic E-state index is 5.93. The predicted molar refractivity (Wildman–Crippen MR) is 109 cm³/mol. The molecule has 0 N–H and O–H groups in total. The lowest BCUT2D eigenvalue weighted by Crippen LogP contribution is -2.48. The van der Waals surface area contributed by atoms with Crippen LogP contribution in [0.5, 0.6) is 5.75 Å². The van der Waals surface area contributed by atoms with Crippen LogP contribution < -0.4 is 4.74 Å². The van der Waals surface area contributed by atoms with Gasteiger partial charge in [-0.2, -0.15) is 0 Å². The highest BCUT2D eigenvalue weighted by molar-refractivity contribution is 5.31. The van der Waals surface area contributed by atoms with Crippen molar-refractivity contribution < 1.29 is 9.47 Å². The van der Waals surface area contributed by atoms with Gasteiger partial charge in [-0.3, -0.25) is 9.80 Å². The first-order valence-corrected chi connectivity index (χ1v) is 9.95. The van der Waals surface area contributed by atoms with Gasteiger partial charge in [0.05, 0.1) is 12.2 Å². The SMILES string of the molecule is CC(C)(C)OCCN1CCN(CCOc2ccc(C(C)(C)C)cc2)CC1. The highest BCUT2D eigenvalue weighted by Gasteiger charge is 2.18. The molecule has 0 aromatic heterocycles. The Kier molecular flexibility index (Phi) is 7.51. The molecule has 4 nitrogen and oxygen atoms in total. The van der Waals surface area contributed by atoms with Gasteiger partial charge in [0.2, 0.25) is 0 Å². The van der Waals surface area contributed by atoms with Crippen molar-refractivity contribution in [3.8, 4) is 5.75 Å². The number of ether oxygens (including phenoxy) is 2. The van der Waals surface area contributed by atoms with E-state index in [0.29, 0.717) is 0 Å². The van der Waals surface area contributed by atoms with Crippen molar-refractivity contribution >= 4 is 0 Å². The van der Waals surface area contributed by atoms with Crippen molar-refractivity contribution in [1.82, 2.24) is 9.80 Å². The first kappa shape index (κ1) is 21.2. The van der Waals surface area contributed by atoms with Gasteiger partial charge in [0, 0.05) is 39.3 Å². The summed E-state index contributed by atoms with van der Waals surface area (Å²) in [4.78, 5) is 4.99. The van der Waals surface area contributed by atoms with Crippen LogP contribution in [0.3, 0.4) is 0 Å². The molecule has 1 fully saturated rings. The molecule has 1 aromatic rings. The van der Waals surface area contributed by atoms with Crippen molar-refractivity contribution in [2.24, 2.45) is 0 Å². The third-order valence-corrected chi connectivity index (χ3v) is 4.80. The minimum Gasteiger partial charge on any atom is -0.492 e. The van der Waals surface area contributed by atoms with Gasteiger partial charge in [0.25, 0.3) is 0 Å². The summed E-state index contributed by atoms with van der Waals surface area (Å²) < 4.78 is 11.8. The Morgan fingerprint density at radius 1 is 0.769 bits per heavy atom. The summed E-state index contributed by atoms with van der Waals surface area (Å²) in [5.41, 5.74) is 1.50. The average Bonchev–Trinajstić information content (AvgIpc) is 2.55. The Morgan fingerprint density at radius 2 is 1.27 bits per heavy atom. The Hall–Kier alpha value is -1.10. The molecular formula is C22H38N2O2. The molecule has 0 aliphatic carbocycles. The van der Waals surface area contributed by atoms with Gasteiger partial charge in [0.1, 0.15) is 12.4 Å². The minimum absolute atomic E-state index is 0.0375. The first-order valence-electron chi connectivity index (χ1n) is 9.95. The Labute approximate surface area is 160 Å². The molecule has 1 saturated heterocycles. The zero-order valence-corrected chi connectivity index (χ0v) is 17.7.